The molecule has 0 bridgehead atoms. The Morgan fingerprint density at radius 2 is 2.43 bits per heavy atom. The molecule has 1 N–H and O–H groups in total. The average Bonchev–Trinajstić information content (AvgIpc) is 2.25. The van der Waals surface area contributed by atoms with Crippen LogP contribution >= 0.6 is 0 Å². The van der Waals surface area contributed by atoms with E-state index >= 15 is 0 Å². The maximum Gasteiger partial charge on any atom is 0.0247 e. The second kappa shape index (κ2) is 6.20. The van der Waals surface area contributed by atoms with Crippen LogP contribution in [-0.2, 0) is 0 Å². The molecule has 0 aromatic heterocycles. The number of nitrogens with zero attached hydrogens (tertiary/aromatic N) is 1. The molecule has 0 spiro atoms. The van der Waals surface area contributed by atoms with Gasteiger partial charge in [0.2, 0.25) is 0 Å². The molecule has 0 aliphatic carbocycles. The molecule has 1 aliphatic rings. The molecule has 1 rings (SSSR count). The van der Waals surface area contributed by atoms with E-state index in [1.807, 2.05) is 0 Å². The van der Waals surface area contributed by atoms with Crippen LogP contribution in [0.15, 0.2) is 12.7 Å². The first-order chi connectivity index (χ1) is 6.77. The average molecular weight is 196 g/mol. The lowest BCUT2D eigenvalue weighted by Crippen LogP contribution is -2.43. The topological polar surface area (TPSA) is 15.3 Å². The van der Waals surface area contributed by atoms with E-state index in [-0.39, 0.29) is 0 Å². The second-order valence-electron chi connectivity index (χ2n) is 4.29. The van der Waals surface area contributed by atoms with E-state index in [1.54, 1.807) is 0 Å². The van der Waals surface area contributed by atoms with E-state index in [9.17, 15) is 0 Å². The zero-order valence-corrected chi connectivity index (χ0v) is 9.63. The molecule has 1 fully saturated rings. The maximum atomic E-state index is 3.87. The minimum Gasteiger partial charge on any atom is -0.317 e. The minimum absolute atomic E-state index is 0.541. The molecule has 1 heterocycles. The fraction of sp³-hybridized carbons (Fsp3) is 0.833. The van der Waals surface area contributed by atoms with Crippen molar-refractivity contribution < 1.29 is 0 Å². The molecule has 1 saturated heterocycles. The van der Waals surface area contributed by atoms with Crippen molar-refractivity contribution in [3.05, 3.63) is 12.7 Å². The van der Waals surface area contributed by atoms with Gasteiger partial charge in [-0.25, -0.2) is 0 Å². The van der Waals surface area contributed by atoms with Crippen molar-refractivity contribution in [2.75, 3.05) is 26.2 Å². The Labute approximate surface area is 88.4 Å². The van der Waals surface area contributed by atoms with Crippen molar-refractivity contribution in [1.29, 1.82) is 0 Å². The predicted octanol–water partition coefficient (Wildman–Crippen LogP) is 1.88. The van der Waals surface area contributed by atoms with Gasteiger partial charge in [-0.3, -0.25) is 4.90 Å². The summed E-state index contributed by atoms with van der Waals surface area (Å²) in [4.78, 5) is 2.54. The van der Waals surface area contributed by atoms with Crippen molar-refractivity contribution in [2.24, 2.45) is 5.92 Å². The van der Waals surface area contributed by atoms with E-state index in [0.29, 0.717) is 6.04 Å². The van der Waals surface area contributed by atoms with Crippen LogP contribution in [-0.4, -0.2) is 37.1 Å². The Bertz CT molecular complexity index is 168. The summed E-state index contributed by atoms with van der Waals surface area (Å²) in [6, 6.07) is 0.541. The van der Waals surface area contributed by atoms with Gasteiger partial charge in [0.1, 0.15) is 0 Å². The molecule has 82 valence electrons. The van der Waals surface area contributed by atoms with E-state index in [2.05, 4.69) is 36.7 Å². The standard InChI is InChI=1S/C12H24N2/c1-4-11(3)14-8-6-7-12(10-14)9-13-5-2/h4,11-13H,1,5-10H2,2-3H3. The van der Waals surface area contributed by atoms with Gasteiger partial charge in [-0.15, -0.1) is 6.58 Å². The fourth-order valence-electron chi connectivity index (χ4n) is 2.13. The highest BCUT2D eigenvalue weighted by Crippen LogP contribution is 2.17. The number of likely N-dealkylation sites (tertiary alicyclic amines) is 1. The van der Waals surface area contributed by atoms with Gasteiger partial charge in [-0.1, -0.05) is 13.0 Å². The summed E-state index contributed by atoms with van der Waals surface area (Å²) in [6.07, 6.45) is 4.78. The van der Waals surface area contributed by atoms with Gasteiger partial charge in [0.15, 0.2) is 0 Å². The Morgan fingerprint density at radius 1 is 1.64 bits per heavy atom. The smallest absolute Gasteiger partial charge is 0.0247 e. The first kappa shape index (κ1) is 11.7. The highest BCUT2D eigenvalue weighted by molar-refractivity contribution is 4.87. The third-order valence-electron chi connectivity index (χ3n) is 3.15. The second-order valence-corrected chi connectivity index (χ2v) is 4.29. The Balaban J connectivity index is 2.31. The van der Waals surface area contributed by atoms with Crippen molar-refractivity contribution in [1.82, 2.24) is 10.2 Å². The number of nitrogens with one attached hydrogen (secondary N) is 1. The molecule has 0 aromatic rings. The number of hydrogen-bond acceptors (Lipinski definition) is 2. The van der Waals surface area contributed by atoms with Gasteiger partial charge in [0.05, 0.1) is 0 Å². The van der Waals surface area contributed by atoms with Crippen LogP contribution in [0.1, 0.15) is 26.7 Å². The quantitative estimate of drug-likeness (QED) is 0.675. The largest absolute Gasteiger partial charge is 0.317 e. The van der Waals surface area contributed by atoms with Gasteiger partial charge >= 0.3 is 0 Å². The zero-order valence-electron chi connectivity index (χ0n) is 9.63. The molecule has 2 heteroatoms. The monoisotopic (exact) mass is 196 g/mol. The van der Waals surface area contributed by atoms with Gasteiger partial charge < -0.3 is 5.32 Å². The lowest BCUT2D eigenvalue weighted by molar-refractivity contribution is 0.151. The normalized spacial score (nSPS) is 26.0. The van der Waals surface area contributed by atoms with Crippen LogP contribution in [0.5, 0.6) is 0 Å². The highest BCUT2D eigenvalue weighted by Gasteiger charge is 2.21. The molecule has 0 saturated carbocycles. The Kier molecular flexibility index (Phi) is 5.20. The molecule has 0 amide bonds. The van der Waals surface area contributed by atoms with E-state index in [1.165, 1.54) is 32.5 Å². The lowest BCUT2D eigenvalue weighted by Gasteiger charge is -2.35. The van der Waals surface area contributed by atoms with Gasteiger partial charge in [0, 0.05) is 12.6 Å². The van der Waals surface area contributed by atoms with E-state index in [4.69, 9.17) is 0 Å². The number of hydrogen-bond donors (Lipinski definition) is 1. The molecule has 2 nitrogen and oxygen atoms in total. The highest BCUT2D eigenvalue weighted by atomic mass is 15.2. The van der Waals surface area contributed by atoms with Crippen molar-refractivity contribution in [2.45, 2.75) is 32.7 Å². The predicted molar refractivity (Wildman–Crippen MR) is 62.5 cm³/mol. The molecular weight excluding hydrogens is 172 g/mol. The van der Waals surface area contributed by atoms with Crippen molar-refractivity contribution in [3.63, 3.8) is 0 Å². The first-order valence-corrected chi connectivity index (χ1v) is 5.85. The third-order valence-corrected chi connectivity index (χ3v) is 3.15. The van der Waals surface area contributed by atoms with Gasteiger partial charge in [0.25, 0.3) is 0 Å². The summed E-state index contributed by atoms with van der Waals surface area (Å²) >= 11 is 0. The number of piperidine rings is 1. The molecule has 0 aromatic carbocycles. The van der Waals surface area contributed by atoms with E-state index in [0.717, 1.165) is 12.5 Å². The summed E-state index contributed by atoms with van der Waals surface area (Å²) in [6.45, 7) is 13.0. The van der Waals surface area contributed by atoms with Crippen LogP contribution in [0.25, 0.3) is 0 Å². The van der Waals surface area contributed by atoms with Crippen LogP contribution in [0, 0.1) is 5.92 Å². The van der Waals surface area contributed by atoms with Gasteiger partial charge in [-0.2, -0.15) is 0 Å². The molecule has 1 aliphatic heterocycles. The molecular formula is C12H24N2. The lowest BCUT2D eigenvalue weighted by atomic mass is 9.97. The first-order valence-electron chi connectivity index (χ1n) is 5.85. The maximum absolute atomic E-state index is 3.87. The summed E-state index contributed by atoms with van der Waals surface area (Å²) < 4.78 is 0. The summed E-state index contributed by atoms with van der Waals surface area (Å²) in [5.74, 6) is 0.839. The van der Waals surface area contributed by atoms with Crippen LogP contribution in [0.2, 0.25) is 0 Å². The zero-order chi connectivity index (χ0) is 10.4. The Morgan fingerprint density at radius 3 is 3.07 bits per heavy atom. The minimum atomic E-state index is 0.541. The molecule has 2 unspecified atom stereocenters. The molecule has 0 radical (unpaired) electrons. The van der Waals surface area contributed by atoms with Crippen LogP contribution < -0.4 is 5.32 Å². The van der Waals surface area contributed by atoms with E-state index < -0.39 is 0 Å². The van der Waals surface area contributed by atoms with Crippen LogP contribution in [0.3, 0.4) is 0 Å². The molecule has 14 heavy (non-hydrogen) atoms. The third kappa shape index (κ3) is 3.43. The SMILES string of the molecule is C=CC(C)N1CCCC(CNCC)C1. The van der Waals surface area contributed by atoms with Crippen molar-refractivity contribution in [3.8, 4) is 0 Å². The van der Waals surface area contributed by atoms with Gasteiger partial charge in [-0.05, 0) is 45.3 Å². The summed E-state index contributed by atoms with van der Waals surface area (Å²) in [7, 11) is 0. The molecule has 2 atom stereocenters. The number of rotatable bonds is 5. The summed E-state index contributed by atoms with van der Waals surface area (Å²) in [5.41, 5.74) is 0. The Hall–Kier alpha value is -0.340. The van der Waals surface area contributed by atoms with Crippen LogP contribution in [0.4, 0.5) is 0 Å². The summed E-state index contributed by atoms with van der Waals surface area (Å²) in [5, 5.41) is 3.44. The van der Waals surface area contributed by atoms with Crippen molar-refractivity contribution >= 4 is 0 Å². The fourth-order valence-corrected chi connectivity index (χ4v) is 2.13.